The predicted octanol–water partition coefficient (Wildman–Crippen LogP) is 2.44. The number of aromatic nitrogens is 2. The third kappa shape index (κ3) is 2.39. The molecule has 1 amide bonds. The van der Waals surface area contributed by atoms with Crippen LogP contribution >= 0.6 is 0 Å². The number of hydrogen-bond donors (Lipinski definition) is 1. The fourth-order valence-corrected chi connectivity index (χ4v) is 2.98. The molecule has 0 saturated carbocycles. The van der Waals surface area contributed by atoms with Crippen molar-refractivity contribution in [3.8, 4) is 0 Å². The fraction of sp³-hybridized carbons (Fsp3) is 0.375. The van der Waals surface area contributed by atoms with E-state index < -0.39 is 0 Å². The van der Waals surface area contributed by atoms with Crippen molar-refractivity contribution in [1.29, 1.82) is 0 Å². The molecule has 1 N–H and O–H groups in total. The molecule has 6 heteroatoms. The number of nitrogens with one attached hydrogen (secondary N) is 1. The zero-order valence-corrected chi connectivity index (χ0v) is 12.6. The third-order valence-corrected chi connectivity index (χ3v) is 3.95. The molecule has 116 valence electrons. The maximum atomic E-state index is 13.6. The number of hydrogen-bond acceptors (Lipinski definition) is 3. The van der Waals surface area contributed by atoms with Gasteiger partial charge in [0.15, 0.2) is 5.69 Å². The van der Waals surface area contributed by atoms with Gasteiger partial charge in [-0.2, -0.15) is 5.10 Å². The average molecular weight is 303 g/mol. The Bertz CT molecular complexity index is 698. The van der Waals surface area contributed by atoms with Crippen LogP contribution in [0.4, 0.5) is 4.39 Å². The summed E-state index contributed by atoms with van der Waals surface area (Å²) in [6, 6.07) is 6.08. The van der Waals surface area contributed by atoms with Gasteiger partial charge in [0.05, 0.1) is 6.04 Å². The van der Waals surface area contributed by atoms with E-state index in [0.717, 1.165) is 23.2 Å². The highest BCUT2D eigenvalue weighted by Crippen LogP contribution is 2.39. The summed E-state index contributed by atoms with van der Waals surface area (Å²) in [5.41, 5.74) is 2.87. The van der Waals surface area contributed by atoms with E-state index >= 15 is 0 Å². The molecule has 0 radical (unpaired) electrons. The van der Waals surface area contributed by atoms with Gasteiger partial charge in [-0.25, -0.2) is 4.39 Å². The van der Waals surface area contributed by atoms with Crippen molar-refractivity contribution < 1.29 is 13.9 Å². The molecule has 0 fully saturated rings. The molecule has 2 aromatic rings. The Morgan fingerprint density at radius 1 is 1.45 bits per heavy atom. The summed E-state index contributed by atoms with van der Waals surface area (Å²) in [5, 5.41) is 6.97. The smallest absolute Gasteiger partial charge is 0.275 e. The van der Waals surface area contributed by atoms with Gasteiger partial charge in [-0.05, 0) is 31.0 Å². The van der Waals surface area contributed by atoms with Gasteiger partial charge < -0.3 is 9.64 Å². The van der Waals surface area contributed by atoms with Crippen molar-refractivity contribution in [3.05, 3.63) is 52.6 Å². The highest BCUT2D eigenvalue weighted by molar-refractivity contribution is 5.98. The molecule has 1 unspecified atom stereocenters. The second kappa shape index (κ2) is 5.88. The van der Waals surface area contributed by atoms with Crippen molar-refractivity contribution in [1.82, 2.24) is 15.1 Å². The molecule has 1 aromatic heterocycles. The van der Waals surface area contributed by atoms with E-state index in [1.165, 1.54) is 12.1 Å². The molecule has 0 saturated heterocycles. The zero-order chi connectivity index (χ0) is 15.7. The van der Waals surface area contributed by atoms with Crippen molar-refractivity contribution in [3.63, 3.8) is 0 Å². The molecule has 2 heterocycles. The molecule has 3 rings (SSSR count). The summed E-state index contributed by atoms with van der Waals surface area (Å²) in [6.07, 6.45) is 0.723. The van der Waals surface area contributed by atoms with Crippen LogP contribution in [0.2, 0.25) is 0 Å². The van der Waals surface area contributed by atoms with Gasteiger partial charge in [0.25, 0.3) is 5.91 Å². The number of carbonyl (C=O) groups is 1. The molecular weight excluding hydrogens is 285 g/mol. The number of benzene rings is 1. The summed E-state index contributed by atoms with van der Waals surface area (Å²) in [5.74, 6) is -0.430. The number of fused-ring (bicyclic) bond motifs is 1. The van der Waals surface area contributed by atoms with Crippen LogP contribution in [0, 0.1) is 12.7 Å². The minimum atomic E-state index is -0.309. The molecule has 1 aromatic carbocycles. The Morgan fingerprint density at radius 2 is 2.27 bits per heavy atom. The van der Waals surface area contributed by atoms with E-state index in [0.29, 0.717) is 18.8 Å². The summed E-state index contributed by atoms with van der Waals surface area (Å²) in [6.45, 7) is 3.00. The van der Waals surface area contributed by atoms with Gasteiger partial charge >= 0.3 is 0 Å². The number of aryl methyl sites for hydroxylation is 1. The monoisotopic (exact) mass is 303 g/mol. The fourth-order valence-electron chi connectivity index (χ4n) is 2.98. The molecule has 1 aliphatic heterocycles. The number of rotatable bonds is 5. The number of H-pyrrole nitrogens is 1. The SMILES string of the molecule is COCCCN1C(=O)c2n[nH]c(C)c2C1c1cccc(F)c1. The normalized spacial score (nSPS) is 17.1. The van der Waals surface area contributed by atoms with Crippen molar-refractivity contribution in [2.24, 2.45) is 0 Å². The standard InChI is InChI=1S/C16H18FN3O2/c1-10-13-14(19-18-10)16(21)20(7-4-8-22-2)15(13)11-5-3-6-12(17)9-11/h3,5-6,9,15H,4,7-8H2,1-2H3,(H,18,19). The number of aromatic amines is 1. The van der Waals surface area contributed by atoms with Gasteiger partial charge in [-0.3, -0.25) is 9.89 Å². The lowest BCUT2D eigenvalue weighted by Gasteiger charge is -2.26. The van der Waals surface area contributed by atoms with Crippen LogP contribution in [0.3, 0.4) is 0 Å². The number of nitrogens with zero attached hydrogens (tertiary/aromatic N) is 2. The van der Waals surface area contributed by atoms with Gasteiger partial charge in [0.1, 0.15) is 5.82 Å². The Hall–Kier alpha value is -2.21. The lowest BCUT2D eigenvalue weighted by Crippen LogP contribution is -2.31. The second-order valence-corrected chi connectivity index (χ2v) is 5.41. The topological polar surface area (TPSA) is 58.2 Å². The first-order valence-electron chi connectivity index (χ1n) is 7.23. The molecule has 0 aliphatic carbocycles. The summed E-state index contributed by atoms with van der Waals surface area (Å²) < 4.78 is 18.7. The van der Waals surface area contributed by atoms with Crippen LogP contribution in [-0.2, 0) is 4.74 Å². The highest BCUT2D eigenvalue weighted by Gasteiger charge is 2.41. The molecular formula is C16H18FN3O2. The summed E-state index contributed by atoms with van der Waals surface area (Å²) in [4.78, 5) is 14.3. The maximum absolute atomic E-state index is 13.6. The lowest BCUT2D eigenvalue weighted by atomic mass is 9.99. The van der Waals surface area contributed by atoms with Crippen LogP contribution in [0.1, 0.15) is 39.8 Å². The second-order valence-electron chi connectivity index (χ2n) is 5.41. The largest absolute Gasteiger partial charge is 0.385 e. The van der Waals surface area contributed by atoms with Gasteiger partial charge in [0.2, 0.25) is 0 Å². The summed E-state index contributed by atoms with van der Waals surface area (Å²) >= 11 is 0. The first kappa shape index (κ1) is 14.7. The Morgan fingerprint density at radius 3 is 3.00 bits per heavy atom. The van der Waals surface area contributed by atoms with Crippen LogP contribution in [-0.4, -0.2) is 41.3 Å². The number of carbonyl (C=O) groups excluding carboxylic acids is 1. The number of amides is 1. The number of methoxy groups -OCH3 is 1. The van der Waals surface area contributed by atoms with Crippen molar-refractivity contribution >= 4 is 5.91 Å². The van der Waals surface area contributed by atoms with Crippen LogP contribution in [0.5, 0.6) is 0 Å². The van der Waals surface area contributed by atoms with E-state index in [-0.39, 0.29) is 17.8 Å². The molecule has 0 bridgehead atoms. The van der Waals surface area contributed by atoms with Gasteiger partial charge in [0, 0.05) is 31.5 Å². The first-order chi connectivity index (χ1) is 10.6. The minimum absolute atomic E-state index is 0.121. The van der Waals surface area contributed by atoms with Crippen LogP contribution in [0.15, 0.2) is 24.3 Å². The van der Waals surface area contributed by atoms with Crippen LogP contribution in [0.25, 0.3) is 0 Å². The Kier molecular flexibility index (Phi) is 3.94. The lowest BCUT2D eigenvalue weighted by molar-refractivity contribution is 0.0722. The van der Waals surface area contributed by atoms with Gasteiger partial charge in [-0.15, -0.1) is 0 Å². The number of halogens is 1. The van der Waals surface area contributed by atoms with E-state index in [4.69, 9.17) is 4.74 Å². The van der Waals surface area contributed by atoms with Crippen LogP contribution < -0.4 is 0 Å². The summed E-state index contributed by atoms with van der Waals surface area (Å²) in [7, 11) is 1.63. The Balaban J connectivity index is 2.01. The van der Waals surface area contributed by atoms with E-state index in [2.05, 4.69) is 10.2 Å². The predicted molar refractivity (Wildman–Crippen MR) is 79.1 cm³/mol. The molecule has 0 spiro atoms. The van der Waals surface area contributed by atoms with E-state index in [1.807, 2.05) is 13.0 Å². The van der Waals surface area contributed by atoms with E-state index in [9.17, 15) is 9.18 Å². The van der Waals surface area contributed by atoms with Crippen molar-refractivity contribution in [2.75, 3.05) is 20.3 Å². The third-order valence-electron chi connectivity index (χ3n) is 3.95. The van der Waals surface area contributed by atoms with Gasteiger partial charge in [-0.1, -0.05) is 12.1 Å². The highest BCUT2D eigenvalue weighted by atomic mass is 19.1. The number of ether oxygens (including phenoxy) is 1. The average Bonchev–Trinajstić information content (AvgIpc) is 3.00. The van der Waals surface area contributed by atoms with Crippen molar-refractivity contribution in [2.45, 2.75) is 19.4 Å². The molecule has 5 nitrogen and oxygen atoms in total. The molecule has 1 aliphatic rings. The minimum Gasteiger partial charge on any atom is -0.385 e. The maximum Gasteiger partial charge on any atom is 0.275 e. The first-order valence-corrected chi connectivity index (χ1v) is 7.23. The Labute approximate surface area is 128 Å². The quantitative estimate of drug-likeness (QED) is 0.863. The molecule has 22 heavy (non-hydrogen) atoms. The molecule has 1 atom stereocenters. The zero-order valence-electron chi connectivity index (χ0n) is 12.6. The van der Waals surface area contributed by atoms with E-state index in [1.54, 1.807) is 18.1 Å².